The maximum Gasteiger partial charge on any atom is 0.492 e. The van der Waals surface area contributed by atoms with E-state index in [9.17, 15) is 4.79 Å². The van der Waals surface area contributed by atoms with Crippen molar-refractivity contribution in [3.8, 4) is 0 Å². The van der Waals surface area contributed by atoms with E-state index >= 15 is 0 Å². The van der Waals surface area contributed by atoms with Gasteiger partial charge in [0.2, 0.25) is 5.91 Å². The van der Waals surface area contributed by atoms with E-state index in [0.29, 0.717) is 11.7 Å². The highest BCUT2D eigenvalue weighted by Crippen LogP contribution is 2.39. The van der Waals surface area contributed by atoms with Crippen LogP contribution in [0.25, 0.3) is 6.08 Å². The number of anilines is 1. The Morgan fingerprint density at radius 3 is 2.35 bits per heavy atom. The van der Waals surface area contributed by atoms with Crippen molar-refractivity contribution in [2.45, 2.75) is 52.7 Å². The number of nitrogens with one attached hydrogen (secondary N) is 1. The van der Waals surface area contributed by atoms with E-state index in [4.69, 9.17) is 15.0 Å². The summed E-state index contributed by atoms with van der Waals surface area (Å²) in [4.78, 5) is 16.5. The lowest BCUT2D eigenvalue weighted by Gasteiger charge is -2.32. The molecule has 0 radical (unpaired) electrons. The first-order valence-corrected chi connectivity index (χ1v) is 8.37. The number of nitrogens with zero attached hydrogens (tertiary/aromatic N) is 1. The van der Waals surface area contributed by atoms with Crippen LogP contribution in [0.2, 0.25) is 0 Å². The molecule has 0 aliphatic carbocycles. The molecule has 126 valence electrons. The molecule has 0 bridgehead atoms. The molecule has 0 spiro atoms. The predicted molar refractivity (Wildman–Crippen MR) is 94.0 cm³/mol. The highest BCUT2D eigenvalue weighted by atomic mass is 32.1. The number of hydrogen-bond donors (Lipinski definition) is 2. The molecule has 3 N–H and O–H groups in total. The number of thiazole rings is 1. The van der Waals surface area contributed by atoms with Crippen molar-refractivity contribution in [2.24, 2.45) is 0 Å². The first-order chi connectivity index (χ1) is 10.5. The molecule has 0 atom stereocenters. The van der Waals surface area contributed by atoms with Crippen molar-refractivity contribution in [2.75, 3.05) is 12.3 Å². The molecule has 1 aliphatic rings. The van der Waals surface area contributed by atoms with Crippen LogP contribution in [0.1, 0.15) is 45.2 Å². The fraction of sp³-hybridized carbons (Fsp3) is 0.600. The third kappa shape index (κ3) is 3.94. The summed E-state index contributed by atoms with van der Waals surface area (Å²) in [6.07, 6.45) is 1.95. The third-order valence-electron chi connectivity index (χ3n) is 4.26. The highest BCUT2D eigenvalue weighted by molar-refractivity contribution is 7.16. The van der Waals surface area contributed by atoms with Crippen molar-refractivity contribution in [1.82, 2.24) is 10.3 Å². The van der Waals surface area contributed by atoms with Gasteiger partial charge in [0.1, 0.15) is 0 Å². The van der Waals surface area contributed by atoms with Gasteiger partial charge >= 0.3 is 7.12 Å². The van der Waals surface area contributed by atoms with E-state index < -0.39 is 18.3 Å². The predicted octanol–water partition coefficient (Wildman–Crippen LogP) is 2.18. The van der Waals surface area contributed by atoms with Crippen LogP contribution in [0.4, 0.5) is 5.13 Å². The Morgan fingerprint density at radius 2 is 1.91 bits per heavy atom. The Labute approximate surface area is 141 Å². The van der Waals surface area contributed by atoms with Gasteiger partial charge < -0.3 is 20.4 Å². The zero-order chi connectivity index (χ0) is 17.4. The second-order valence-electron chi connectivity index (χ2n) is 6.72. The number of nitrogens with two attached hydrogens (primary N) is 1. The SMILES string of the molecule is CC(=O)NCC(=Cc1sc(N)nc1C)B1OC(C)(C)C(C)(C)O1. The molecule has 23 heavy (non-hydrogen) atoms. The average molecular weight is 337 g/mol. The number of aromatic nitrogens is 1. The average Bonchev–Trinajstić information content (AvgIpc) is 2.81. The van der Waals surface area contributed by atoms with Gasteiger partial charge in [0.05, 0.1) is 21.8 Å². The van der Waals surface area contributed by atoms with Gasteiger partial charge in [-0.25, -0.2) is 4.98 Å². The molecular weight excluding hydrogens is 313 g/mol. The fourth-order valence-corrected chi connectivity index (χ4v) is 2.97. The van der Waals surface area contributed by atoms with Gasteiger partial charge in [-0.05, 0) is 46.2 Å². The second-order valence-corrected chi connectivity index (χ2v) is 7.78. The minimum absolute atomic E-state index is 0.104. The maximum absolute atomic E-state index is 11.3. The molecule has 0 aromatic carbocycles. The summed E-state index contributed by atoms with van der Waals surface area (Å²) in [6.45, 7) is 11.7. The minimum atomic E-state index is -0.519. The van der Waals surface area contributed by atoms with Gasteiger partial charge in [0.15, 0.2) is 5.13 Å². The molecule has 1 fully saturated rings. The zero-order valence-electron chi connectivity index (χ0n) is 14.5. The molecule has 1 amide bonds. The van der Waals surface area contributed by atoms with Gasteiger partial charge in [-0.3, -0.25) is 4.79 Å². The molecular formula is C15H24BN3O3S. The van der Waals surface area contributed by atoms with Crippen LogP contribution >= 0.6 is 11.3 Å². The number of aryl methyl sites for hydroxylation is 1. The topological polar surface area (TPSA) is 86.5 Å². The summed E-state index contributed by atoms with van der Waals surface area (Å²) in [6, 6.07) is 0. The van der Waals surface area contributed by atoms with Crippen LogP contribution in [-0.4, -0.2) is 35.8 Å². The molecule has 2 heterocycles. The van der Waals surface area contributed by atoms with Gasteiger partial charge in [-0.2, -0.15) is 0 Å². The van der Waals surface area contributed by atoms with Crippen molar-refractivity contribution in [1.29, 1.82) is 0 Å². The Bertz CT molecular complexity index is 624. The molecule has 8 heteroatoms. The molecule has 1 aliphatic heterocycles. The summed E-state index contributed by atoms with van der Waals surface area (Å²) in [5, 5.41) is 3.32. The second kappa shape index (κ2) is 6.26. The van der Waals surface area contributed by atoms with E-state index in [2.05, 4.69) is 10.3 Å². The Morgan fingerprint density at radius 1 is 1.35 bits per heavy atom. The fourth-order valence-electron chi connectivity index (χ4n) is 2.16. The monoisotopic (exact) mass is 337 g/mol. The number of carbonyl (C=O) groups excluding carboxylic acids is 1. The summed E-state index contributed by atoms with van der Waals surface area (Å²) >= 11 is 1.40. The first-order valence-electron chi connectivity index (χ1n) is 7.55. The van der Waals surface area contributed by atoms with Crippen molar-refractivity contribution in [3.63, 3.8) is 0 Å². The zero-order valence-corrected chi connectivity index (χ0v) is 15.3. The number of carbonyl (C=O) groups is 1. The van der Waals surface area contributed by atoms with Crippen LogP contribution in [-0.2, 0) is 14.1 Å². The molecule has 6 nitrogen and oxygen atoms in total. The van der Waals surface area contributed by atoms with E-state index in [1.54, 1.807) is 0 Å². The Hall–Kier alpha value is -1.38. The van der Waals surface area contributed by atoms with Gasteiger partial charge in [-0.1, -0.05) is 11.3 Å². The lowest BCUT2D eigenvalue weighted by molar-refractivity contribution is -0.118. The quantitative estimate of drug-likeness (QED) is 0.823. The largest absolute Gasteiger partial charge is 0.492 e. The third-order valence-corrected chi connectivity index (χ3v) is 5.20. The summed E-state index contributed by atoms with van der Waals surface area (Å²) < 4.78 is 12.2. The maximum atomic E-state index is 11.3. The van der Waals surface area contributed by atoms with Gasteiger partial charge in [0, 0.05) is 13.5 Å². The summed E-state index contributed by atoms with van der Waals surface area (Å²) in [7, 11) is -0.519. The van der Waals surface area contributed by atoms with Gasteiger partial charge in [0.25, 0.3) is 0 Å². The van der Waals surface area contributed by atoms with E-state index in [1.165, 1.54) is 18.3 Å². The number of nitrogen functional groups attached to an aromatic ring is 1. The van der Waals surface area contributed by atoms with E-state index in [0.717, 1.165) is 16.0 Å². The van der Waals surface area contributed by atoms with Crippen LogP contribution in [0.5, 0.6) is 0 Å². The van der Waals surface area contributed by atoms with Crippen LogP contribution in [0, 0.1) is 6.92 Å². The Balaban J connectivity index is 2.32. The summed E-state index contributed by atoms with van der Waals surface area (Å²) in [5.74, 6) is -0.104. The van der Waals surface area contributed by atoms with Crippen molar-refractivity contribution in [3.05, 3.63) is 16.0 Å². The van der Waals surface area contributed by atoms with Crippen LogP contribution < -0.4 is 11.1 Å². The molecule has 0 unspecified atom stereocenters. The number of hydrogen-bond acceptors (Lipinski definition) is 6. The highest BCUT2D eigenvalue weighted by Gasteiger charge is 2.52. The van der Waals surface area contributed by atoms with Gasteiger partial charge in [-0.15, -0.1) is 0 Å². The normalized spacial score (nSPS) is 19.9. The van der Waals surface area contributed by atoms with Crippen LogP contribution in [0.3, 0.4) is 0 Å². The van der Waals surface area contributed by atoms with E-state index in [1.807, 2.05) is 40.7 Å². The lowest BCUT2D eigenvalue weighted by atomic mass is 9.77. The van der Waals surface area contributed by atoms with Crippen molar-refractivity contribution < 1.29 is 14.1 Å². The lowest BCUT2D eigenvalue weighted by Crippen LogP contribution is -2.41. The molecule has 0 saturated carbocycles. The molecule has 1 aromatic heterocycles. The van der Waals surface area contributed by atoms with E-state index in [-0.39, 0.29) is 5.91 Å². The van der Waals surface area contributed by atoms with Crippen molar-refractivity contribution >= 4 is 35.6 Å². The summed E-state index contributed by atoms with van der Waals surface area (Å²) in [5.41, 5.74) is 6.58. The first kappa shape index (κ1) is 18.0. The molecule has 1 aromatic rings. The smallest absolute Gasteiger partial charge is 0.400 e. The Kier molecular flexibility index (Phi) is 4.89. The van der Waals surface area contributed by atoms with Crippen LogP contribution in [0.15, 0.2) is 5.47 Å². The minimum Gasteiger partial charge on any atom is -0.400 e. The number of rotatable bonds is 4. The number of amides is 1. The standard InChI is InChI=1S/C15H24BN3O3S/c1-9-12(23-13(17)19-9)7-11(8-18-10(2)20)16-21-14(3,4)15(5,6)22-16/h7H,8H2,1-6H3,(H2,17,19)(H,18,20). The molecule has 2 rings (SSSR count). The molecule has 1 saturated heterocycles.